The number of rotatable bonds is 2. The number of carbonyl (C=O) groups excluding carboxylic acids is 1. The Morgan fingerprint density at radius 3 is 2.69 bits per heavy atom. The highest BCUT2D eigenvalue weighted by Crippen LogP contribution is 2.21. The van der Waals surface area contributed by atoms with Crippen molar-refractivity contribution >= 4 is 34.8 Å². The van der Waals surface area contributed by atoms with Crippen LogP contribution in [0.15, 0.2) is 30.6 Å². The first-order valence-corrected chi connectivity index (χ1v) is 5.19. The highest BCUT2D eigenvalue weighted by molar-refractivity contribution is 6.35. The Bertz CT molecular complexity index is 524. The molecular weight excluding hydrogens is 249 g/mol. The number of amides is 1. The summed E-state index contributed by atoms with van der Waals surface area (Å²) in [7, 11) is 0. The van der Waals surface area contributed by atoms with E-state index in [4.69, 9.17) is 23.2 Å². The van der Waals surface area contributed by atoms with Crippen LogP contribution < -0.4 is 5.32 Å². The Labute approximate surface area is 102 Å². The van der Waals surface area contributed by atoms with Crippen molar-refractivity contribution in [1.29, 1.82) is 0 Å². The molecule has 0 aliphatic carbocycles. The number of aromatic amines is 1. The molecule has 16 heavy (non-hydrogen) atoms. The van der Waals surface area contributed by atoms with Crippen LogP contribution in [0.4, 0.5) is 5.69 Å². The second-order valence-corrected chi connectivity index (χ2v) is 3.78. The van der Waals surface area contributed by atoms with E-state index in [9.17, 15) is 4.79 Å². The Kier molecular flexibility index (Phi) is 3.12. The molecule has 6 heteroatoms. The topological polar surface area (TPSA) is 57.8 Å². The summed E-state index contributed by atoms with van der Waals surface area (Å²) in [4.78, 5) is 18.1. The van der Waals surface area contributed by atoms with Gasteiger partial charge in [0.05, 0.1) is 17.0 Å². The number of hydrogen-bond acceptors (Lipinski definition) is 2. The SMILES string of the molecule is O=C(Nc1ccccc1Cl)c1nc[nH]c1Cl. The zero-order valence-electron chi connectivity index (χ0n) is 8.00. The molecular formula is C10H7Cl2N3O. The van der Waals surface area contributed by atoms with Crippen LogP contribution in [-0.2, 0) is 0 Å². The van der Waals surface area contributed by atoms with E-state index in [0.29, 0.717) is 10.7 Å². The van der Waals surface area contributed by atoms with Crippen molar-refractivity contribution in [2.24, 2.45) is 0 Å². The maximum Gasteiger partial charge on any atom is 0.277 e. The third-order valence-electron chi connectivity index (χ3n) is 1.93. The Morgan fingerprint density at radius 1 is 1.31 bits per heavy atom. The summed E-state index contributed by atoms with van der Waals surface area (Å²) in [5.74, 6) is -0.403. The molecule has 0 fully saturated rings. The third-order valence-corrected chi connectivity index (χ3v) is 2.55. The van der Waals surface area contributed by atoms with Gasteiger partial charge in [0.1, 0.15) is 5.15 Å². The van der Waals surface area contributed by atoms with Gasteiger partial charge in [0.25, 0.3) is 5.91 Å². The number of nitrogens with zero attached hydrogens (tertiary/aromatic N) is 1. The minimum Gasteiger partial charge on any atom is -0.335 e. The molecule has 1 aromatic carbocycles. The quantitative estimate of drug-likeness (QED) is 0.867. The fraction of sp³-hybridized carbons (Fsp3) is 0. The van der Waals surface area contributed by atoms with E-state index in [1.807, 2.05) is 0 Å². The number of aromatic nitrogens is 2. The van der Waals surface area contributed by atoms with Crippen molar-refractivity contribution in [2.75, 3.05) is 5.32 Å². The molecule has 0 saturated carbocycles. The van der Waals surface area contributed by atoms with E-state index in [1.54, 1.807) is 24.3 Å². The van der Waals surface area contributed by atoms with Gasteiger partial charge in [-0.05, 0) is 12.1 Å². The van der Waals surface area contributed by atoms with Crippen molar-refractivity contribution in [3.05, 3.63) is 46.5 Å². The highest BCUT2D eigenvalue weighted by Gasteiger charge is 2.14. The maximum absolute atomic E-state index is 11.7. The van der Waals surface area contributed by atoms with Gasteiger partial charge in [-0.1, -0.05) is 35.3 Å². The van der Waals surface area contributed by atoms with Crippen LogP contribution >= 0.6 is 23.2 Å². The minimum atomic E-state index is -0.403. The van der Waals surface area contributed by atoms with Crippen LogP contribution in [0.2, 0.25) is 10.2 Å². The fourth-order valence-electron chi connectivity index (χ4n) is 1.18. The Morgan fingerprint density at radius 2 is 2.06 bits per heavy atom. The van der Waals surface area contributed by atoms with Crippen molar-refractivity contribution in [3.63, 3.8) is 0 Å². The van der Waals surface area contributed by atoms with Gasteiger partial charge in [0, 0.05) is 0 Å². The number of halogens is 2. The number of carbonyl (C=O) groups is 1. The van der Waals surface area contributed by atoms with Gasteiger partial charge in [-0.15, -0.1) is 0 Å². The van der Waals surface area contributed by atoms with Gasteiger partial charge in [0.15, 0.2) is 5.69 Å². The lowest BCUT2D eigenvalue weighted by atomic mass is 10.3. The van der Waals surface area contributed by atoms with E-state index in [-0.39, 0.29) is 10.8 Å². The van der Waals surface area contributed by atoms with E-state index >= 15 is 0 Å². The molecule has 1 amide bonds. The van der Waals surface area contributed by atoms with Crippen LogP contribution in [0.25, 0.3) is 0 Å². The van der Waals surface area contributed by atoms with Gasteiger partial charge < -0.3 is 10.3 Å². The smallest absolute Gasteiger partial charge is 0.277 e. The highest BCUT2D eigenvalue weighted by atomic mass is 35.5. The number of imidazole rings is 1. The van der Waals surface area contributed by atoms with E-state index in [0.717, 1.165) is 0 Å². The number of nitrogens with one attached hydrogen (secondary N) is 2. The summed E-state index contributed by atoms with van der Waals surface area (Å²) in [6.07, 6.45) is 1.35. The largest absolute Gasteiger partial charge is 0.335 e. The van der Waals surface area contributed by atoms with Crippen molar-refractivity contribution in [1.82, 2.24) is 9.97 Å². The van der Waals surface area contributed by atoms with Gasteiger partial charge in [-0.3, -0.25) is 4.79 Å². The molecule has 4 nitrogen and oxygen atoms in total. The molecule has 0 atom stereocenters. The first kappa shape index (κ1) is 11.0. The third kappa shape index (κ3) is 2.18. The molecule has 0 aliphatic rings. The lowest BCUT2D eigenvalue weighted by molar-refractivity contribution is 0.102. The summed E-state index contributed by atoms with van der Waals surface area (Å²) in [5.41, 5.74) is 0.662. The average molecular weight is 256 g/mol. The molecule has 82 valence electrons. The number of hydrogen-bond donors (Lipinski definition) is 2. The van der Waals surface area contributed by atoms with Crippen LogP contribution in [-0.4, -0.2) is 15.9 Å². The molecule has 2 N–H and O–H groups in total. The number of para-hydroxylation sites is 1. The van der Waals surface area contributed by atoms with E-state index < -0.39 is 5.91 Å². The monoisotopic (exact) mass is 255 g/mol. The summed E-state index contributed by atoms with van der Waals surface area (Å²) in [5, 5.41) is 3.27. The fourth-order valence-corrected chi connectivity index (χ4v) is 1.55. The average Bonchev–Trinajstić information content (AvgIpc) is 2.68. The molecule has 1 aromatic heterocycles. The number of benzene rings is 1. The summed E-state index contributed by atoms with van der Waals surface area (Å²) in [6, 6.07) is 6.93. The summed E-state index contributed by atoms with van der Waals surface area (Å²) < 4.78 is 0. The molecule has 0 saturated heterocycles. The Balaban J connectivity index is 2.21. The summed E-state index contributed by atoms with van der Waals surface area (Å²) >= 11 is 11.6. The van der Waals surface area contributed by atoms with Gasteiger partial charge >= 0.3 is 0 Å². The van der Waals surface area contributed by atoms with E-state index in [1.165, 1.54) is 6.33 Å². The molecule has 0 unspecified atom stereocenters. The summed E-state index contributed by atoms with van der Waals surface area (Å²) in [6.45, 7) is 0. The normalized spacial score (nSPS) is 10.1. The lowest BCUT2D eigenvalue weighted by Crippen LogP contribution is -2.13. The molecule has 0 bridgehead atoms. The second kappa shape index (κ2) is 4.55. The predicted octanol–water partition coefficient (Wildman–Crippen LogP) is 2.97. The van der Waals surface area contributed by atoms with Crippen LogP contribution in [0, 0.1) is 0 Å². The molecule has 0 radical (unpaired) electrons. The van der Waals surface area contributed by atoms with Crippen LogP contribution in [0.3, 0.4) is 0 Å². The molecule has 0 aliphatic heterocycles. The number of H-pyrrole nitrogens is 1. The second-order valence-electron chi connectivity index (χ2n) is 3.00. The standard InChI is InChI=1S/C10H7Cl2N3O/c11-6-3-1-2-4-7(6)15-10(16)8-9(12)14-5-13-8/h1-5H,(H,13,14)(H,15,16). The first-order valence-electron chi connectivity index (χ1n) is 4.43. The number of anilines is 1. The van der Waals surface area contributed by atoms with Crippen LogP contribution in [0.1, 0.15) is 10.5 Å². The lowest BCUT2D eigenvalue weighted by Gasteiger charge is -2.04. The van der Waals surface area contributed by atoms with E-state index in [2.05, 4.69) is 15.3 Å². The first-order chi connectivity index (χ1) is 7.68. The van der Waals surface area contributed by atoms with Crippen molar-refractivity contribution in [2.45, 2.75) is 0 Å². The minimum absolute atomic E-state index is 0.140. The predicted molar refractivity (Wildman–Crippen MR) is 63.0 cm³/mol. The van der Waals surface area contributed by atoms with Crippen molar-refractivity contribution in [3.8, 4) is 0 Å². The van der Waals surface area contributed by atoms with Gasteiger partial charge in [0.2, 0.25) is 0 Å². The zero-order chi connectivity index (χ0) is 11.5. The Hall–Kier alpha value is -1.52. The van der Waals surface area contributed by atoms with Crippen LogP contribution in [0.5, 0.6) is 0 Å². The molecule has 1 heterocycles. The van der Waals surface area contributed by atoms with Crippen molar-refractivity contribution < 1.29 is 4.79 Å². The maximum atomic E-state index is 11.7. The van der Waals surface area contributed by atoms with Gasteiger partial charge in [-0.25, -0.2) is 4.98 Å². The molecule has 0 spiro atoms. The molecule has 2 aromatic rings. The molecule has 2 rings (SSSR count). The zero-order valence-corrected chi connectivity index (χ0v) is 9.51. The van der Waals surface area contributed by atoms with Gasteiger partial charge in [-0.2, -0.15) is 0 Å².